The fraction of sp³-hybridized carbons (Fsp3) is 0.850. The van der Waals surface area contributed by atoms with Crippen molar-refractivity contribution in [2.75, 3.05) is 26.4 Å². The van der Waals surface area contributed by atoms with E-state index in [1.807, 2.05) is 6.08 Å². The van der Waals surface area contributed by atoms with Crippen molar-refractivity contribution in [2.45, 2.75) is 298 Å². The Labute approximate surface area is 491 Å². The summed E-state index contributed by atoms with van der Waals surface area (Å²) >= 11 is 0. The first-order valence-corrected chi connectivity index (χ1v) is 30.9. The van der Waals surface area contributed by atoms with E-state index in [1.54, 1.807) is 6.08 Å². The minimum Gasteiger partial charge on any atom is -0.477 e. The van der Waals surface area contributed by atoms with Gasteiger partial charge in [-0.15, -0.1) is 0 Å². The number of unbranched alkanes of at least 4 members (excludes halogenated alkanes) is 21. The molecule has 3 rings (SSSR count). The molecule has 0 aliphatic carbocycles. The summed E-state index contributed by atoms with van der Waals surface area (Å²) in [5, 5.41) is 135. The minimum atomic E-state index is -3.08. The third-order valence-electron chi connectivity index (χ3n) is 15.6. The quantitative estimate of drug-likeness (QED) is 0.0237. The molecule has 0 aromatic carbocycles. The van der Waals surface area contributed by atoms with Gasteiger partial charge in [0.05, 0.1) is 50.7 Å². The molecular weight excluding hydrogens is 1080 g/mol. The van der Waals surface area contributed by atoms with Gasteiger partial charge in [-0.1, -0.05) is 159 Å². The molecule has 3 saturated heterocycles. The molecule has 0 saturated carbocycles. The minimum absolute atomic E-state index is 0.194. The Bertz CT molecular complexity index is 1850. The standard InChI is InChI=1S/C60H106N2O21/c1-4-6-8-10-12-14-16-17-18-19-20-21-22-23-24-26-28-30-32-34-47(70)62-41(42(67)33-31-29-27-25-15-13-11-9-7-5-2)39-78-57-52(74)51(73)54(46(38-65)80-57)81-58-53(75)56(50(72)45(37-64)79-58)83-60(59(76)77)35-43(68)48(61-40(3)66)55(82-60)49(71)44(69)36-63/h12,14,16-17,31,33,41-46,48-58,63-65,67-69,71-75H,4-11,13,15,18-30,32,34-39H2,1-3H3,(H,61,66)(H,62,70)(H,76,77)/b14-12-,17-16-,33-31+. The number of carbonyl (C=O) groups is 3. The van der Waals surface area contributed by atoms with Gasteiger partial charge >= 0.3 is 5.97 Å². The fourth-order valence-electron chi connectivity index (χ4n) is 10.6. The van der Waals surface area contributed by atoms with Gasteiger partial charge in [0.25, 0.3) is 5.79 Å². The lowest BCUT2D eigenvalue weighted by atomic mass is 9.88. The molecular formula is C60H106N2O21. The van der Waals surface area contributed by atoms with E-state index in [0.29, 0.717) is 12.8 Å². The number of rotatable bonds is 44. The van der Waals surface area contributed by atoms with Gasteiger partial charge in [-0.25, -0.2) is 4.79 Å². The summed E-state index contributed by atoms with van der Waals surface area (Å²) in [6.45, 7) is 2.03. The van der Waals surface area contributed by atoms with Crippen molar-refractivity contribution < 1.29 is 104 Å². The van der Waals surface area contributed by atoms with Crippen molar-refractivity contribution in [1.29, 1.82) is 0 Å². The van der Waals surface area contributed by atoms with Gasteiger partial charge in [-0.2, -0.15) is 0 Å². The van der Waals surface area contributed by atoms with Gasteiger partial charge in [0.1, 0.15) is 67.1 Å². The SMILES string of the molecule is CCCCC/C=C\C=C/CCCCCCCCCCCCC(=O)NC(COC1OC(CO)C(OC2OC(CO)C(O)C(OC3(C(=O)O)CC(O)C(NC(C)=O)C(C(O)C(O)CO)O3)C2O)C(O)C1O)C(O)/C=C/CCCCCCCCCC. The Hall–Kier alpha value is -3.05. The summed E-state index contributed by atoms with van der Waals surface area (Å²) < 4.78 is 34.6. The Morgan fingerprint density at radius 1 is 0.639 bits per heavy atom. The number of hydrogen-bond donors (Lipinski definition) is 14. The summed E-state index contributed by atoms with van der Waals surface area (Å²) in [6.07, 6.45) is 9.34. The Kier molecular flexibility index (Phi) is 37.5. The summed E-state index contributed by atoms with van der Waals surface area (Å²) in [4.78, 5) is 38.4. The fourth-order valence-corrected chi connectivity index (χ4v) is 10.6. The molecule has 0 bridgehead atoms. The highest BCUT2D eigenvalue weighted by atomic mass is 16.8. The van der Waals surface area contributed by atoms with E-state index in [0.717, 1.165) is 71.1 Å². The maximum Gasteiger partial charge on any atom is 0.364 e. The second-order valence-electron chi connectivity index (χ2n) is 22.6. The van der Waals surface area contributed by atoms with Crippen molar-refractivity contribution >= 4 is 17.8 Å². The smallest absolute Gasteiger partial charge is 0.364 e. The number of hydrogen-bond acceptors (Lipinski definition) is 20. The van der Waals surface area contributed by atoms with Crippen LogP contribution in [0.5, 0.6) is 0 Å². The van der Waals surface area contributed by atoms with E-state index in [4.69, 9.17) is 28.4 Å². The highest BCUT2D eigenvalue weighted by molar-refractivity contribution is 5.77. The van der Waals surface area contributed by atoms with Crippen LogP contribution in [-0.4, -0.2) is 215 Å². The monoisotopic (exact) mass is 1190 g/mol. The van der Waals surface area contributed by atoms with Crippen molar-refractivity contribution in [3.8, 4) is 0 Å². The van der Waals surface area contributed by atoms with Crippen LogP contribution < -0.4 is 10.6 Å². The topological polar surface area (TPSA) is 373 Å². The van der Waals surface area contributed by atoms with Crippen molar-refractivity contribution in [1.82, 2.24) is 10.6 Å². The molecule has 3 aliphatic rings. The number of aliphatic carboxylic acids is 1. The number of nitrogens with one attached hydrogen (secondary N) is 2. The first-order valence-electron chi connectivity index (χ1n) is 30.9. The van der Waals surface area contributed by atoms with Crippen LogP contribution >= 0.6 is 0 Å². The zero-order valence-corrected chi connectivity index (χ0v) is 49.5. The van der Waals surface area contributed by atoms with Gasteiger partial charge in [0.15, 0.2) is 12.6 Å². The molecule has 18 atom stereocenters. The van der Waals surface area contributed by atoms with Crippen LogP contribution in [0, 0.1) is 0 Å². The predicted octanol–water partition coefficient (Wildman–Crippen LogP) is 3.11. The van der Waals surface area contributed by atoms with Crippen LogP contribution in [0.15, 0.2) is 36.5 Å². The Morgan fingerprint density at radius 3 is 1.70 bits per heavy atom. The van der Waals surface area contributed by atoms with Crippen LogP contribution in [0.4, 0.5) is 0 Å². The molecule has 18 unspecified atom stereocenters. The van der Waals surface area contributed by atoms with Gasteiger partial charge in [0.2, 0.25) is 11.8 Å². The Balaban J connectivity index is 1.63. The molecule has 83 heavy (non-hydrogen) atoms. The van der Waals surface area contributed by atoms with E-state index in [1.165, 1.54) is 77.0 Å². The average molecular weight is 1190 g/mol. The number of amides is 2. The molecule has 23 nitrogen and oxygen atoms in total. The normalized spacial score (nSPS) is 30.2. The lowest BCUT2D eigenvalue weighted by Gasteiger charge is -2.50. The number of carboxylic acids is 1. The molecule has 0 aromatic rings. The predicted molar refractivity (Wildman–Crippen MR) is 306 cm³/mol. The number of aliphatic hydroxyl groups excluding tert-OH is 11. The van der Waals surface area contributed by atoms with E-state index < -0.39 is 155 Å². The maximum absolute atomic E-state index is 13.4. The first kappa shape index (κ1) is 74.2. The number of aliphatic hydroxyl groups is 11. The van der Waals surface area contributed by atoms with E-state index in [-0.39, 0.29) is 12.3 Å². The van der Waals surface area contributed by atoms with Crippen LogP contribution in [-0.2, 0) is 42.8 Å². The molecule has 0 spiro atoms. The lowest BCUT2D eigenvalue weighted by Crippen LogP contribution is -2.70. The first-order chi connectivity index (χ1) is 39.9. The van der Waals surface area contributed by atoms with Gasteiger partial charge in [-0.05, 0) is 44.9 Å². The van der Waals surface area contributed by atoms with Crippen LogP contribution in [0.2, 0.25) is 0 Å². The van der Waals surface area contributed by atoms with Gasteiger partial charge in [0, 0.05) is 19.8 Å². The number of carboxylic acid groups (broad SMARTS) is 1. The zero-order valence-electron chi connectivity index (χ0n) is 49.5. The zero-order chi connectivity index (χ0) is 61.2. The lowest BCUT2D eigenvalue weighted by molar-refractivity contribution is -0.386. The largest absolute Gasteiger partial charge is 0.477 e. The third kappa shape index (κ3) is 26.1. The molecule has 3 heterocycles. The number of allylic oxidation sites excluding steroid dienone is 5. The number of ether oxygens (including phenoxy) is 6. The van der Waals surface area contributed by atoms with E-state index in [2.05, 4.69) is 48.8 Å². The van der Waals surface area contributed by atoms with Crippen LogP contribution in [0.1, 0.15) is 188 Å². The summed E-state index contributed by atoms with van der Waals surface area (Å²) in [6, 6.07) is -2.62. The van der Waals surface area contributed by atoms with Crippen molar-refractivity contribution in [2.24, 2.45) is 0 Å². The van der Waals surface area contributed by atoms with Crippen LogP contribution in [0.3, 0.4) is 0 Å². The van der Waals surface area contributed by atoms with Gasteiger partial charge in [-0.3, -0.25) is 9.59 Å². The van der Waals surface area contributed by atoms with E-state index >= 15 is 0 Å². The second kappa shape index (κ2) is 41.9. The average Bonchev–Trinajstić information content (AvgIpc) is 2.65. The molecule has 482 valence electrons. The Morgan fingerprint density at radius 2 is 1.16 bits per heavy atom. The van der Waals surface area contributed by atoms with Crippen molar-refractivity contribution in [3.63, 3.8) is 0 Å². The summed E-state index contributed by atoms with van der Waals surface area (Å²) in [5.41, 5.74) is 0. The summed E-state index contributed by atoms with van der Waals surface area (Å²) in [5.74, 6) is -6.15. The maximum atomic E-state index is 13.4. The van der Waals surface area contributed by atoms with E-state index in [9.17, 15) is 75.7 Å². The highest BCUT2D eigenvalue weighted by Gasteiger charge is 2.60. The second-order valence-corrected chi connectivity index (χ2v) is 22.6. The molecule has 3 fully saturated rings. The van der Waals surface area contributed by atoms with Crippen molar-refractivity contribution in [3.05, 3.63) is 36.5 Å². The molecule has 2 amide bonds. The number of carbonyl (C=O) groups excluding carboxylic acids is 2. The molecule has 23 heteroatoms. The van der Waals surface area contributed by atoms with Crippen LogP contribution in [0.25, 0.3) is 0 Å². The molecule has 14 N–H and O–H groups in total. The molecule has 0 radical (unpaired) electrons. The molecule has 3 aliphatic heterocycles. The third-order valence-corrected chi connectivity index (χ3v) is 15.6. The highest BCUT2D eigenvalue weighted by Crippen LogP contribution is 2.38. The molecule has 0 aromatic heterocycles. The summed E-state index contributed by atoms with van der Waals surface area (Å²) in [7, 11) is 0. The van der Waals surface area contributed by atoms with Gasteiger partial charge < -0.3 is 100 Å².